The van der Waals surface area contributed by atoms with Crippen molar-refractivity contribution in [2.45, 2.75) is 12.6 Å². The van der Waals surface area contributed by atoms with Crippen LogP contribution in [0.2, 0.25) is 0 Å². The number of carbonyl (C=O) groups excluding carboxylic acids is 1. The van der Waals surface area contributed by atoms with Crippen LogP contribution in [0.4, 0.5) is 36.3 Å². The van der Waals surface area contributed by atoms with Crippen LogP contribution >= 0.6 is 7.92 Å². The number of aromatic nitrogens is 2. The molecule has 0 fully saturated rings. The van der Waals surface area contributed by atoms with Crippen LogP contribution < -0.4 is 26.2 Å². The van der Waals surface area contributed by atoms with Gasteiger partial charge in [-0.1, -0.05) is 26.1 Å². The molecule has 3 N–H and O–H groups in total. The number of ether oxygens (including phenoxy) is 1. The molecule has 1 aliphatic rings. The second-order valence-electron chi connectivity index (χ2n) is 7.82. The van der Waals surface area contributed by atoms with Gasteiger partial charge in [0.25, 0.3) is 5.91 Å². The van der Waals surface area contributed by atoms with Gasteiger partial charge in [-0.05, 0) is 36.8 Å². The number of alkyl halides is 3. The molecule has 184 valence electrons. The molecule has 35 heavy (non-hydrogen) atoms. The van der Waals surface area contributed by atoms with E-state index in [1.807, 2.05) is 25.5 Å². The number of amides is 1. The normalized spacial score (nSPS) is 12.8. The Morgan fingerprint density at radius 1 is 1.11 bits per heavy atom. The van der Waals surface area contributed by atoms with Gasteiger partial charge in [0, 0.05) is 29.4 Å². The number of hydroxylamine groups is 1. The van der Waals surface area contributed by atoms with Crippen LogP contribution in [0.1, 0.15) is 21.5 Å². The van der Waals surface area contributed by atoms with Gasteiger partial charge in [0.1, 0.15) is 17.1 Å². The summed E-state index contributed by atoms with van der Waals surface area (Å²) < 4.78 is 46.9. The minimum atomic E-state index is -4.65. The maximum absolute atomic E-state index is 13.7. The molecule has 3 aromatic rings. The van der Waals surface area contributed by atoms with Gasteiger partial charge in [0.2, 0.25) is 5.95 Å². The van der Waals surface area contributed by atoms with Crippen molar-refractivity contribution in [3.63, 3.8) is 0 Å². The van der Waals surface area contributed by atoms with E-state index in [1.165, 1.54) is 7.11 Å². The number of hydrogen-bond acceptors (Lipinski definition) is 7. The molecular formula is C23H23F3N5O3P. The topological polar surface area (TPSA) is 97.4 Å². The van der Waals surface area contributed by atoms with E-state index in [4.69, 9.17) is 9.57 Å². The van der Waals surface area contributed by atoms with Crippen LogP contribution in [0.15, 0.2) is 42.6 Å². The number of halogens is 3. The third kappa shape index (κ3) is 5.31. The Morgan fingerprint density at radius 3 is 2.60 bits per heavy atom. The van der Waals surface area contributed by atoms with E-state index in [0.717, 1.165) is 11.5 Å². The summed E-state index contributed by atoms with van der Waals surface area (Å²) in [5, 5.41) is 6.70. The second-order valence-corrected chi connectivity index (χ2v) is 10.1. The number of rotatable bonds is 7. The Balaban J connectivity index is 1.70. The first kappa shape index (κ1) is 24.7. The molecule has 2 aromatic carbocycles. The monoisotopic (exact) mass is 505 g/mol. The molecule has 8 nitrogen and oxygen atoms in total. The summed E-state index contributed by atoms with van der Waals surface area (Å²) in [6.07, 6.45) is -3.42. The molecule has 0 spiro atoms. The average molecular weight is 505 g/mol. The predicted octanol–water partition coefficient (Wildman–Crippen LogP) is 4.58. The first-order valence-corrected chi connectivity index (χ1v) is 12.8. The van der Waals surface area contributed by atoms with Gasteiger partial charge in [-0.15, -0.1) is 0 Å². The van der Waals surface area contributed by atoms with Gasteiger partial charge in [-0.2, -0.15) is 18.2 Å². The van der Waals surface area contributed by atoms with E-state index >= 15 is 0 Å². The number of nitrogens with one attached hydrogen (secondary N) is 3. The smallest absolute Gasteiger partial charge is 0.421 e. The number of benzene rings is 2. The van der Waals surface area contributed by atoms with Crippen molar-refractivity contribution >= 4 is 42.3 Å². The summed E-state index contributed by atoms with van der Waals surface area (Å²) >= 11 is 0. The van der Waals surface area contributed by atoms with E-state index in [2.05, 4.69) is 26.1 Å². The summed E-state index contributed by atoms with van der Waals surface area (Å²) in [5.41, 5.74) is 3.31. The summed E-state index contributed by atoms with van der Waals surface area (Å²) in [7, 11) is 0.759. The van der Waals surface area contributed by atoms with Gasteiger partial charge in [0.05, 0.1) is 19.4 Å². The third-order valence-electron chi connectivity index (χ3n) is 5.28. The minimum Gasteiger partial charge on any atom is -0.491 e. The Morgan fingerprint density at radius 2 is 1.89 bits per heavy atom. The van der Waals surface area contributed by atoms with Crippen molar-refractivity contribution in [1.82, 2.24) is 15.4 Å². The van der Waals surface area contributed by atoms with Gasteiger partial charge in [-0.3, -0.25) is 9.63 Å². The fourth-order valence-corrected chi connectivity index (χ4v) is 4.71. The quantitative estimate of drug-likeness (QED) is 0.320. The zero-order valence-electron chi connectivity index (χ0n) is 19.2. The summed E-state index contributed by atoms with van der Waals surface area (Å²) in [6, 6.07) is 10.4. The minimum absolute atomic E-state index is 0.0555. The number of carbonyl (C=O) groups is 1. The van der Waals surface area contributed by atoms with Crippen LogP contribution in [0, 0.1) is 0 Å². The van der Waals surface area contributed by atoms with E-state index in [-0.39, 0.29) is 11.8 Å². The van der Waals surface area contributed by atoms with Crippen molar-refractivity contribution in [3.8, 4) is 5.75 Å². The van der Waals surface area contributed by atoms with Gasteiger partial charge >= 0.3 is 6.18 Å². The highest BCUT2D eigenvalue weighted by atomic mass is 31.1. The third-order valence-corrected chi connectivity index (χ3v) is 6.63. The van der Waals surface area contributed by atoms with Crippen molar-refractivity contribution in [3.05, 3.63) is 59.3 Å². The maximum Gasteiger partial charge on any atom is 0.421 e. The molecule has 0 bridgehead atoms. The molecule has 0 saturated heterocycles. The molecule has 0 radical (unpaired) electrons. The van der Waals surface area contributed by atoms with E-state index in [1.54, 1.807) is 24.3 Å². The number of fused-ring (bicyclic) bond motifs is 1. The van der Waals surface area contributed by atoms with Crippen LogP contribution in [0.25, 0.3) is 0 Å². The van der Waals surface area contributed by atoms with Crippen molar-refractivity contribution in [1.29, 1.82) is 0 Å². The zero-order chi connectivity index (χ0) is 25.2. The van der Waals surface area contributed by atoms with E-state index < -0.39 is 25.6 Å². The highest BCUT2D eigenvalue weighted by Gasteiger charge is 2.36. The lowest BCUT2D eigenvalue weighted by Crippen LogP contribution is -2.23. The average Bonchev–Trinajstić information content (AvgIpc) is 3.29. The van der Waals surface area contributed by atoms with E-state index in [9.17, 15) is 18.0 Å². The molecule has 0 unspecified atom stereocenters. The molecular weight excluding hydrogens is 482 g/mol. The van der Waals surface area contributed by atoms with Crippen molar-refractivity contribution < 1.29 is 27.5 Å². The standard InChI is InChI=1S/C23H23F3N5O3P/c1-33-31-21(32)14-8-9-17(19-13(14)10-11-34-19)29-22-27-12-15(23(24,25)26)20(30-22)28-16-6-4-5-7-18(16)35(2)3/h4-9,12H,10-11H2,1-3H3,(H,31,32)(H2,27,28,29,30). The SMILES string of the molecule is CONC(=O)c1ccc(Nc2ncc(C(F)(F)F)c(Nc3ccccc3P(C)C)n2)c2c1CCO2. The van der Waals surface area contributed by atoms with Gasteiger partial charge in [-0.25, -0.2) is 10.5 Å². The lowest BCUT2D eigenvalue weighted by atomic mass is 10.0. The molecule has 1 amide bonds. The molecule has 12 heteroatoms. The zero-order valence-corrected chi connectivity index (χ0v) is 20.1. The molecule has 0 saturated carbocycles. The first-order valence-electron chi connectivity index (χ1n) is 10.6. The van der Waals surface area contributed by atoms with Gasteiger partial charge in [0.15, 0.2) is 0 Å². The van der Waals surface area contributed by atoms with Crippen LogP contribution in [-0.2, 0) is 17.4 Å². The Kier molecular flexibility index (Phi) is 7.09. The van der Waals surface area contributed by atoms with E-state index in [0.29, 0.717) is 41.3 Å². The molecule has 4 rings (SSSR count). The Hall–Kier alpha value is -3.43. The van der Waals surface area contributed by atoms with Crippen molar-refractivity contribution in [2.75, 3.05) is 37.7 Å². The Labute approximate surface area is 201 Å². The molecule has 0 atom stereocenters. The van der Waals surface area contributed by atoms with Crippen LogP contribution in [0.5, 0.6) is 5.75 Å². The predicted molar refractivity (Wildman–Crippen MR) is 129 cm³/mol. The lowest BCUT2D eigenvalue weighted by Gasteiger charge is -2.18. The van der Waals surface area contributed by atoms with Crippen LogP contribution in [-0.4, -0.2) is 42.9 Å². The number of para-hydroxylation sites is 1. The molecule has 0 aliphatic carbocycles. The Bertz CT molecular complexity index is 1250. The summed E-state index contributed by atoms with van der Waals surface area (Å²) in [4.78, 5) is 25.0. The van der Waals surface area contributed by atoms with Crippen LogP contribution in [0.3, 0.4) is 0 Å². The fourth-order valence-electron chi connectivity index (χ4n) is 3.72. The first-order chi connectivity index (χ1) is 16.7. The number of anilines is 4. The molecule has 2 heterocycles. The maximum atomic E-state index is 13.7. The van der Waals surface area contributed by atoms with Crippen molar-refractivity contribution in [2.24, 2.45) is 0 Å². The fraction of sp³-hybridized carbons (Fsp3) is 0.261. The molecule has 1 aromatic heterocycles. The summed E-state index contributed by atoms with van der Waals surface area (Å²) in [5.74, 6) is -0.434. The largest absolute Gasteiger partial charge is 0.491 e. The highest BCUT2D eigenvalue weighted by Crippen LogP contribution is 2.39. The summed E-state index contributed by atoms with van der Waals surface area (Å²) in [6.45, 7) is 4.39. The lowest BCUT2D eigenvalue weighted by molar-refractivity contribution is -0.137. The second kappa shape index (κ2) is 10.1. The number of hydrogen-bond donors (Lipinski definition) is 3. The van der Waals surface area contributed by atoms with Gasteiger partial charge < -0.3 is 15.4 Å². The molecule has 1 aliphatic heterocycles. The highest BCUT2D eigenvalue weighted by molar-refractivity contribution is 7.64. The number of nitrogens with zero attached hydrogens (tertiary/aromatic N) is 2.